The van der Waals surface area contributed by atoms with Crippen molar-refractivity contribution in [2.24, 2.45) is 10.9 Å². The van der Waals surface area contributed by atoms with Gasteiger partial charge in [-0.15, -0.1) is 0 Å². The lowest BCUT2D eigenvalue weighted by molar-refractivity contribution is -0.157. The van der Waals surface area contributed by atoms with Crippen molar-refractivity contribution >= 4 is 44.8 Å². The van der Waals surface area contributed by atoms with E-state index >= 15 is 0 Å². The van der Waals surface area contributed by atoms with Gasteiger partial charge in [0.2, 0.25) is 15.9 Å². The molecule has 15 heteroatoms. The van der Waals surface area contributed by atoms with E-state index in [0.29, 0.717) is 55.4 Å². The van der Waals surface area contributed by atoms with Crippen molar-refractivity contribution in [3.8, 4) is 0 Å². The maximum Gasteiger partial charge on any atom is 0.326 e. The molecule has 0 spiro atoms. The first-order valence-corrected chi connectivity index (χ1v) is 17.4. The minimum Gasteiger partial charge on any atom is -0.459 e. The van der Waals surface area contributed by atoms with E-state index < -0.39 is 27.6 Å². The molecule has 254 valence electrons. The number of amides is 1. The van der Waals surface area contributed by atoms with E-state index in [1.54, 1.807) is 37.5 Å². The van der Waals surface area contributed by atoms with Gasteiger partial charge in [-0.3, -0.25) is 19.9 Å². The lowest BCUT2D eigenvalue weighted by Crippen LogP contribution is -2.48. The van der Waals surface area contributed by atoms with Gasteiger partial charge in [0.05, 0.1) is 17.8 Å². The highest BCUT2D eigenvalue weighted by Crippen LogP contribution is 2.28. The average molecular weight is 668 g/mol. The maximum absolute atomic E-state index is 13.5. The molecule has 3 N–H and O–H groups in total. The Bertz CT molecular complexity index is 1730. The van der Waals surface area contributed by atoms with Crippen LogP contribution < -0.4 is 20.3 Å². The summed E-state index contributed by atoms with van der Waals surface area (Å²) in [6, 6.07) is 5.35. The van der Waals surface area contributed by atoms with Crippen LogP contribution in [0.1, 0.15) is 66.4 Å². The Labute approximate surface area is 275 Å². The van der Waals surface area contributed by atoms with Crippen LogP contribution in [0.2, 0.25) is 0 Å². The number of aromatic nitrogens is 4. The summed E-state index contributed by atoms with van der Waals surface area (Å²) in [5.41, 5.74) is 0.952. The molecule has 47 heavy (non-hydrogen) atoms. The topological polar surface area (TPSA) is 173 Å². The zero-order valence-electron chi connectivity index (χ0n) is 27.9. The molecule has 1 amide bonds. The molecule has 4 heterocycles. The van der Waals surface area contributed by atoms with Gasteiger partial charge in [0.15, 0.2) is 22.9 Å². The molecule has 3 aromatic rings. The Hall–Kier alpha value is -4.11. The number of benzene rings is 1. The predicted octanol–water partition coefficient (Wildman–Crippen LogP) is 2.49. The summed E-state index contributed by atoms with van der Waals surface area (Å²) in [7, 11) is -4.10. The van der Waals surface area contributed by atoms with E-state index in [2.05, 4.69) is 40.2 Å². The van der Waals surface area contributed by atoms with E-state index in [-0.39, 0.29) is 28.7 Å². The van der Waals surface area contributed by atoms with Gasteiger partial charge >= 0.3 is 5.97 Å². The van der Waals surface area contributed by atoms with E-state index in [1.165, 1.54) is 24.8 Å². The van der Waals surface area contributed by atoms with Gasteiger partial charge in [-0.05, 0) is 63.1 Å². The second-order valence-electron chi connectivity index (χ2n) is 14.0. The third-order valence-corrected chi connectivity index (χ3v) is 9.57. The van der Waals surface area contributed by atoms with Gasteiger partial charge in [0.1, 0.15) is 18.0 Å². The number of guanidine groups is 1. The first-order valence-electron chi connectivity index (χ1n) is 16.0. The van der Waals surface area contributed by atoms with Crippen molar-refractivity contribution in [1.29, 1.82) is 0 Å². The van der Waals surface area contributed by atoms with Crippen LogP contribution in [-0.4, -0.2) is 83.6 Å². The molecular weight excluding hydrogens is 622 g/mol. The molecular formula is C32H45N9O5S. The molecule has 2 aliphatic heterocycles. The summed E-state index contributed by atoms with van der Waals surface area (Å²) in [6.45, 7) is 13.9. The monoisotopic (exact) mass is 667 g/mol. The van der Waals surface area contributed by atoms with Crippen molar-refractivity contribution in [1.82, 2.24) is 34.9 Å². The standard InChI is InChI=1S/C32H45N9O5S/c1-31(2,3)22-8-10-23(11-9-22)47(44,45)39-24(29(43)46-32(4,5)6)18-41-20-37-25-26(35-19-36-27(25)41)40-16-12-21(13-17-40)28(42)38-30-33-14-7-15-34-30/h8-11,19-21,24,39H,7,12-18H2,1-6H3,(H2,33,34,38,42)/t24-/m0/s1. The number of ether oxygens (including phenoxy) is 1. The van der Waals surface area contributed by atoms with Crippen molar-refractivity contribution in [3.63, 3.8) is 0 Å². The van der Waals surface area contributed by atoms with Crippen molar-refractivity contribution in [2.75, 3.05) is 31.1 Å². The molecule has 0 saturated carbocycles. The quantitative estimate of drug-likeness (QED) is 0.303. The van der Waals surface area contributed by atoms with Crippen LogP contribution in [0.4, 0.5) is 5.82 Å². The number of fused-ring (bicyclic) bond motifs is 1. The van der Waals surface area contributed by atoms with E-state index in [9.17, 15) is 18.0 Å². The number of esters is 1. The number of hydrogen-bond donors (Lipinski definition) is 3. The number of sulfonamides is 1. The lowest BCUT2D eigenvalue weighted by Gasteiger charge is -2.32. The van der Waals surface area contributed by atoms with Crippen LogP contribution in [-0.2, 0) is 36.3 Å². The summed E-state index contributed by atoms with van der Waals surface area (Å²) in [5, 5.41) is 6.02. The van der Waals surface area contributed by atoms with E-state index in [4.69, 9.17) is 4.74 Å². The number of carbonyl (C=O) groups excluding carboxylic acids is 2. The normalized spacial score (nSPS) is 17.1. The Balaban J connectivity index is 1.33. The minimum absolute atomic E-state index is 0.0410. The van der Waals surface area contributed by atoms with Crippen LogP contribution in [0.5, 0.6) is 0 Å². The molecule has 0 unspecified atom stereocenters. The highest BCUT2D eigenvalue weighted by molar-refractivity contribution is 7.89. The molecule has 14 nitrogen and oxygen atoms in total. The first kappa shape index (κ1) is 34.2. The highest BCUT2D eigenvalue weighted by atomic mass is 32.2. The zero-order valence-corrected chi connectivity index (χ0v) is 28.7. The van der Waals surface area contributed by atoms with Crippen molar-refractivity contribution in [3.05, 3.63) is 42.5 Å². The Morgan fingerprint density at radius 3 is 2.36 bits per heavy atom. The van der Waals surface area contributed by atoms with Gasteiger partial charge < -0.3 is 19.5 Å². The predicted molar refractivity (Wildman–Crippen MR) is 178 cm³/mol. The van der Waals surface area contributed by atoms with Crippen LogP contribution in [0, 0.1) is 5.92 Å². The number of imidazole rings is 1. The lowest BCUT2D eigenvalue weighted by atomic mass is 9.87. The van der Waals surface area contributed by atoms with E-state index in [0.717, 1.165) is 18.5 Å². The second kappa shape index (κ2) is 13.6. The van der Waals surface area contributed by atoms with Crippen molar-refractivity contribution in [2.45, 2.75) is 89.3 Å². The third-order valence-electron chi connectivity index (χ3n) is 8.08. The maximum atomic E-state index is 13.5. The molecule has 1 saturated heterocycles. The molecule has 5 rings (SSSR count). The number of hydrogen-bond acceptors (Lipinski definition) is 11. The summed E-state index contributed by atoms with van der Waals surface area (Å²) in [5.74, 6) is 0.227. The number of anilines is 1. The van der Waals surface area contributed by atoms with Crippen LogP contribution >= 0.6 is 0 Å². The number of nitrogens with zero attached hydrogens (tertiary/aromatic N) is 6. The summed E-state index contributed by atoms with van der Waals surface area (Å²) in [6.07, 6.45) is 5.15. The van der Waals surface area contributed by atoms with E-state index in [1.807, 2.05) is 20.8 Å². The number of piperidine rings is 1. The SMILES string of the molecule is CC(C)(C)OC(=O)[C@H](Cn1cnc2c(N3CCC(C(=O)NC4=NCCCN4)CC3)ncnc21)NS(=O)(=O)c1ccc(C(C)(C)C)cc1. The first-order chi connectivity index (χ1) is 22.1. The van der Waals surface area contributed by atoms with Gasteiger partial charge in [0.25, 0.3) is 0 Å². The fraction of sp³-hybridized carbons (Fsp3) is 0.562. The molecule has 2 aromatic heterocycles. The number of nitrogens with one attached hydrogen (secondary N) is 3. The summed E-state index contributed by atoms with van der Waals surface area (Å²) in [4.78, 5) is 46.1. The molecule has 0 bridgehead atoms. The Morgan fingerprint density at radius 2 is 1.74 bits per heavy atom. The molecule has 1 fully saturated rings. The molecule has 1 aromatic carbocycles. The highest BCUT2D eigenvalue weighted by Gasteiger charge is 2.32. The van der Waals surface area contributed by atoms with Crippen LogP contribution in [0.15, 0.2) is 46.8 Å². The molecule has 1 atom stereocenters. The summed E-state index contributed by atoms with van der Waals surface area (Å²) < 4.78 is 36.8. The van der Waals surface area contributed by atoms with Crippen molar-refractivity contribution < 1.29 is 22.7 Å². The van der Waals surface area contributed by atoms with Gasteiger partial charge in [-0.1, -0.05) is 32.9 Å². The number of carbonyl (C=O) groups is 2. The summed E-state index contributed by atoms with van der Waals surface area (Å²) >= 11 is 0. The van der Waals surface area contributed by atoms with Crippen LogP contribution in [0.3, 0.4) is 0 Å². The van der Waals surface area contributed by atoms with Gasteiger partial charge in [0, 0.05) is 32.1 Å². The zero-order chi connectivity index (χ0) is 34.0. The molecule has 0 radical (unpaired) electrons. The Kier molecular flexibility index (Phi) is 9.87. The number of rotatable bonds is 8. The fourth-order valence-electron chi connectivity index (χ4n) is 5.54. The van der Waals surface area contributed by atoms with Crippen LogP contribution in [0.25, 0.3) is 11.2 Å². The minimum atomic E-state index is -4.10. The average Bonchev–Trinajstić information content (AvgIpc) is 3.43. The fourth-order valence-corrected chi connectivity index (χ4v) is 6.72. The smallest absolute Gasteiger partial charge is 0.326 e. The van der Waals surface area contributed by atoms with Gasteiger partial charge in [-0.25, -0.2) is 23.4 Å². The largest absolute Gasteiger partial charge is 0.459 e. The third kappa shape index (κ3) is 8.44. The molecule has 0 aliphatic carbocycles. The Morgan fingerprint density at radius 1 is 1.04 bits per heavy atom. The number of aliphatic imine (C=N–C) groups is 1. The molecule has 2 aliphatic rings. The second-order valence-corrected chi connectivity index (χ2v) is 15.7. The van der Waals surface area contributed by atoms with Gasteiger partial charge in [-0.2, -0.15) is 4.72 Å².